The van der Waals surface area contributed by atoms with Gasteiger partial charge in [0.15, 0.2) is 0 Å². The first-order valence-electron chi connectivity index (χ1n) is 2.88. The molecule has 0 fully saturated rings. The molecular weight excluding hydrogens is 212 g/mol. The Morgan fingerprint density at radius 3 is 2.73 bits per heavy atom. The number of rotatable bonds is 1. The van der Waals surface area contributed by atoms with Gasteiger partial charge in [-0.25, -0.2) is 4.98 Å². The molecule has 0 saturated carbocycles. The SMILES string of the molecule is Cc1cc([N+](=O)[O-])cc(Br)n1. The molecular formula is C6H5BrN2O2. The fourth-order valence-electron chi connectivity index (χ4n) is 0.716. The van der Waals surface area contributed by atoms with Crippen LogP contribution < -0.4 is 0 Å². The van der Waals surface area contributed by atoms with E-state index in [4.69, 9.17) is 0 Å². The minimum atomic E-state index is -0.445. The maximum absolute atomic E-state index is 10.3. The van der Waals surface area contributed by atoms with Crippen LogP contribution in [0, 0.1) is 17.0 Å². The smallest absolute Gasteiger partial charge is 0.258 e. The third kappa shape index (κ3) is 1.98. The van der Waals surface area contributed by atoms with E-state index in [0.29, 0.717) is 10.3 Å². The molecule has 1 aromatic rings. The summed E-state index contributed by atoms with van der Waals surface area (Å²) in [5, 5.41) is 10.3. The molecule has 0 radical (unpaired) electrons. The summed E-state index contributed by atoms with van der Waals surface area (Å²) in [4.78, 5) is 13.7. The van der Waals surface area contributed by atoms with Gasteiger partial charge in [-0.15, -0.1) is 0 Å². The van der Waals surface area contributed by atoms with Gasteiger partial charge in [-0.2, -0.15) is 0 Å². The Hall–Kier alpha value is -0.970. The van der Waals surface area contributed by atoms with E-state index in [2.05, 4.69) is 20.9 Å². The predicted octanol–water partition coefficient (Wildman–Crippen LogP) is 2.06. The minimum Gasteiger partial charge on any atom is -0.258 e. The molecule has 0 N–H and O–H groups in total. The first kappa shape index (κ1) is 8.13. The van der Waals surface area contributed by atoms with E-state index < -0.39 is 4.92 Å². The highest BCUT2D eigenvalue weighted by Crippen LogP contribution is 2.16. The molecule has 0 aliphatic rings. The number of nitro groups is 1. The highest BCUT2D eigenvalue weighted by atomic mass is 79.9. The summed E-state index contributed by atoms with van der Waals surface area (Å²) in [5.41, 5.74) is 0.690. The Balaban J connectivity index is 3.19. The summed E-state index contributed by atoms with van der Waals surface area (Å²) in [7, 11) is 0. The first-order valence-corrected chi connectivity index (χ1v) is 3.67. The van der Waals surface area contributed by atoms with Crippen molar-refractivity contribution in [3.63, 3.8) is 0 Å². The van der Waals surface area contributed by atoms with Gasteiger partial charge in [0.05, 0.1) is 4.92 Å². The maximum atomic E-state index is 10.3. The topological polar surface area (TPSA) is 56.0 Å². The highest BCUT2D eigenvalue weighted by Gasteiger charge is 2.06. The van der Waals surface area contributed by atoms with Gasteiger partial charge in [0.1, 0.15) is 4.60 Å². The van der Waals surface area contributed by atoms with Crippen molar-refractivity contribution in [2.45, 2.75) is 6.92 Å². The summed E-state index contributed by atoms with van der Waals surface area (Å²) in [6.07, 6.45) is 0. The second-order valence-electron chi connectivity index (χ2n) is 2.05. The van der Waals surface area contributed by atoms with Crippen LogP contribution in [0.1, 0.15) is 5.69 Å². The molecule has 0 bridgehead atoms. The molecule has 1 heterocycles. The van der Waals surface area contributed by atoms with E-state index in [-0.39, 0.29) is 5.69 Å². The van der Waals surface area contributed by atoms with Gasteiger partial charge in [-0.05, 0) is 22.9 Å². The molecule has 1 rings (SSSR count). The van der Waals surface area contributed by atoms with Crippen LogP contribution in [0.4, 0.5) is 5.69 Å². The van der Waals surface area contributed by atoms with Gasteiger partial charge in [0.2, 0.25) is 0 Å². The molecule has 1 aromatic heterocycles. The lowest BCUT2D eigenvalue weighted by Gasteiger charge is -1.93. The average Bonchev–Trinajstić information content (AvgIpc) is 1.85. The van der Waals surface area contributed by atoms with Crippen LogP contribution in [-0.4, -0.2) is 9.91 Å². The van der Waals surface area contributed by atoms with Crippen LogP contribution in [0.25, 0.3) is 0 Å². The Bertz CT molecular complexity index is 280. The van der Waals surface area contributed by atoms with E-state index in [0.717, 1.165) is 0 Å². The van der Waals surface area contributed by atoms with Crippen LogP contribution in [0.15, 0.2) is 16.7 Å². The van der Waals surface area contributed by atoms with E-state index >= 15 is 0 Å². The van der Waals surface area contributed by atoms with Crippen LogP contribution in [0.3, 0.4) is 0 Å². The molecule has 0 amide bonds. The average molecular weight is 217 g/mol. The lowest BCUT2D eigenvalue weighted by molar-refractivity contribution is -0.385. The number of hydrogen-bond donors (Lipinski definition) is 0. The molecule has 4 nitrogen and oxygen atoms in total. The van der Waals surface area contributed by atoms with Crippen molar-refractivity contribution in [2.24, 2.45) is 0 Å². The lowest BCUT2D eigenvalue weighted by Crippen LogP contribution is -1.90. The number of aromatic nitrogens is 1. The van der Waals surface area contributed by atoms with Gasteiger partial charge in [0, 0.05) is 17.8 Å². The number of halogens is 1. The van der Waals surface area contributed by atoms with Gasteiger partial charge in [0.25, 0.3) is 5.69 Å². The van der Waals surface area contributed by atoms with Crippen molar-refractivity contribution in [3.05, 3.63) is 32.5 Å². The second kappa shape index (κ2) is 2.96. The summed E-state index contributed by atoms with van der Waals surface area (Å²) in [5.74, 6) is 0. The Morgan fingerprint density at radius 2 is 2.27 bits per heavy atom. The lowest BCUT2D eigenvalue weighted by atomic mass is 10.3. The maximum Gasteiger partial charge on any atom is 0.273 e. The second-order valence-corrected chi connectivity index (χ2v) is 2.86. The fraction of sp³-hybridized carbons (Fsp3) is 0.167. The first-order chi connectivity index (χ1) is 5.09. The summed E-state index contributed by atoms with van der Waals surface area (Å²) < 4.78 is 0.490. The zero-order chi connectivity index (χ0) is 8.43. The molecule has 0 unspecified atom stereocenters. The van der Waals surface area contributed by atoms with E-state index in [9.17, 15) is 10.1 Å². The fourth-order valence-corrected chi connectivity index (χ4v) is 1.23. The standard InChI is InChI=1S/C6H5BrN2O2/c1-4-2-5(9(10)11)3-6(7)8-4/h2-3H,1H3. The monoisotopic (exact) mass is 216 g/mol. The van der Waals surface area contributed by atoms with Gasteiger partial charge < -0.3 is 0 Å². The van der Waals surface area contributed by atoms with Crippen molar-refractivity contribution in [2.75, 3.05) is 0 Å². The molecule has 0 aromatic carbocycles. The molecule has 0 aliphatic carbocycles. The summed E-state index contributed by atoms with van der Waals surface area (Å²) >= 11 is 3.07. The largest absolute Gasteiger partial charge is 0.273 e. The van der Waals surface area contributed by atoms with E-state index in [1.54, 1.807) is 6.92 Å². The van der Waals surface area contributed by atoms with Crippen LogP contribution in [-0.2, 0) is 0 Å². The zero-order valence-corrected chi connectivity index (χ0v) is 7.33. The number of aryl methyl sites for hydroxylation is 1. The van der Waals surface area contributed by atoms with Gasteiger partial charge >= 0.3 is 0 Å². The number of pyridine rings is 1. The molecule has 5 heteroatoms. The van der Waals surface area contributed by atoms with Gasteiger partial charge in [-0.3, -0.25) is 10.1 Å². The third-order valence-electron chi connectivity index (χ3n) is 1.12. The predicted molar refractivity (Wildman–Crippen MR) is 43.3 cm³/mol. The molecule has 0 atom stereocenters. The Morgan fingerprint density at radius 1 is 1.64 bits per heavy atom. The minimum absolute atomic E-state index is 0.0596. The third-order valence-corrected chi connectivity index (χ3v) is 1.52. The molecule has 58 valence electrons. The van der Waals surface area contributed by atoms with Crippen molar-refractivity contribution in [1.82, 2.24) is 4.98 Å². The summed E-state index contributed by atoms with van der Waals surface area (Å²) in [6, 6.07) is 2.79. The van der Waals surface area contributed by atoms with E-state index in [1.807, 2.05) is 0 Å². The van der Waals surface area contributed by atoms with Gasteiger partial charge in [-0.1, -0.05) is 0 Å². The van der Waals surface area contributed by atoms with Crippen LogP contribution >= 0.6 is 15.9 Å². The van der Waals surface area contributed by atoms with Crippen LogP contribution in [0.2, 0.25) is 0 Å². The molecule has 0 aliphatic heterocycles. The zero-order valence-electron chi connectivity index (χ0n) is 5.74. The van der Waals surface area contributed by atoms with Crippen molar-refractivity contribution in [1.29, 1.82) is 0 Å². The normalized spacial score (nSPS) is 9.64. The molecule has 0 spiro atoms. The quantitative estimate of drug-likeness (QED) is 0.411. The Labute approximate surface area is 71.5 Å². The number of nitrogens with zero attached hydrogens (tertiary/aromatic N) is 2. The Kier molecular flexibility index (Phi) is 2.19. The summed E-state index contributed by atoms with van der Waals surface area (Å²) in [6.45, 7) is 1.71. The van der Waals surface area contributed by atoms with Crippen LogP contribution in [0.5, 0.6) is 0 Å². The molecule has 0 saturated heterocycles. The van der Waals surface area contributed by atoms with Crippen molar-refractivity contribution >= 4 is 21.6 Å². The number of hydrogen-bond acceptors (Lipinski definition) is 3. The molecule has 11 heavy (non-hydrogen) atoms. The van der Waals surface area contributed by atoms with E-state index in [1.165, 1.54) is 12.1 Å². The van der Waals surface area contributed by atoms with Crippen molar-refractivity contribution in [3.8, 4) is 0 Å². The highest BCUT2D eigenvalue weighted by molar-refractivity contribution is 9.10. The van der Waals surface area contributed by atoms with Crippen molar-refractivity contribution < 1.29 is 4.92 Å².